The molecule has 0 aromatic carbocycles. The second-order valence-corrected chi connectivity index (χ2v) is 4.54. The predicted octanol–water partition coefficient (Wildman–Crippen LogP) is 3.55. The van der Waals surface area contributed by atoms with Crippen LogP contribution >= 0.6 is 11.6 Å². The molecule has 0 bridgehead atoms. The first-order valence-electron chi connectivity index (χ1n) is 5.76. The fourth-order valence-electron chi connectivity index (χ4n) is 1.90. The summed E-state index contributed by atoms with van der Waals surface area (Å²) in [5.41, 5.74) is 6.45. The van der Waals surface area contributed by atoms with Crippen molar-refractivity contribution in [3.63, 3.8) is 0 Å². The van der Waals surface area contributed by atoms with Gasteiger partial charge in [-0.1, -0.05) is 38.3 Å². The molecule has 0 fully saturated rings. The zero-order valence-electron chi connectivity index (χ0n) is 10.1. The van der Waals surface area contributed by atoms with Gasteiger partial charge < -0.3 is 11.1 Å². The highest BCUT2D eigenvalue weighted by Crippen LogP contribution is 2.23. The summed E-state index contributed by atoms with van der Waals surface area (Å²) < 4.78 is 0. The maximum absolute atomic E-state index is 5.84. The molecule has 90 valence electrons. The van der Waals surface area contributed by atoms with E-state index >= 15 is 0 Å². The Hall–Kier alpha value is -0.960. The lowest BCUT2D eigenvalue weighted by Crippen LogP contribution is -2.26. The SMILES string of the molecule is CCC(CC)C(C)Nc1ncc(Cl)cc1N. The Morgan fingerprint density at radius 3 is 2.56 bits per heavy atom. The van der Waals surface area contributed by atoms with E-state index in [1.807, 2.05) is 0 Å². The molecule has 1 aromatic heterocycles. The van der Waals surface area contributed by atoms with Crippen LogP contribution in [0.3, 0.4) is 0 Å². The summed E-state index contributed by atoms with van der Waals surface area (Å²) in [6.07, 6.45) is 3.91. The molecule has 16 heavy (non-hydrogen) atoms. The second kappa shape index (κ2) is 5.94. The molecule has 0 spiro atoms. The molecule has 0 saturated heterocycles. The maximum Gasteiger partial charge on any atom is 0.149 e. The molecule has 1 unspecified atom stereocenters. The van der Waals surface area contributed by atoms with Gasteiger partial charge in [0.1, 0.15) is 5.82 Å². The van der Waals surface area contributed by atoms with E-state index in [0.29, 0.717) is 22.7 Å². The first kappa shape index (κ1) is 13.1. The number of nitrogens with zero attached hydrogens (tertiary/aromatic N) is 1. The van der Waals surface area contributed by atoms with Gasteiger partial charge in [-0.2, -0.15) is 0 Å². The molecule has 0 aliphatic heterocycles. The molecule has 0 radical (unpaired) electrons. The third-order valence-corrected chi connectivity index (χ3v) is 3.21. The highest BCUT2D eigenvalue weighted by molar-refractivity contribution is 6.30. The zero-order chi connectivity index (χ0) is 12.1. The fourth-order valence-corrected chi connectivity index (χ4v) is 2.07. The van der Waals surface area contributed by atoms with Gasteiger partial charge in [-0.25, -0.2) is 4.98 Å². The molecular weight excluding hydrogens is 222 g/mol. The lowest BCUT2D eigenvalue weighted by Gasteiger charge is -2.23. The number of hydrogen-bond donors (Lipinski definition) is 2. The molecule has 0 saturated carbocycles. The predicted molar refractivity (Wildman–Crippen MR) is 70.8 cm³/mol. The topological polar surface area (TPSA) is 50.9 Å². The number of nitrogen functional groups attached to an aromatic ring is 1. The van der Waals surface area contributed by atoms with E-state index in [1.165, 1.54) is 0 Å². The van der Waals surface area contributed by atoms with Gasteiger partial charge in [-0.15, -0.1) is 0 Å². The number of aromatic nitrogens is 1. The van der Waals surface area contributed by atoms with Crippen molar-refractivity contribution in [1.29, 1.82) is 0 Å². The number of nitrogens with two attached hydrogens (primary N) is 1. The summed E-state index contributed by atoms with van der Waals surface area (Å²) >= 11 is 5.80. The first-order chi connectivity index (χ1) is 7.58. The molecule has 1 aromatic rings. The van der Waals surface area contributed by atoms with Crippen LogP contribution < -0.4 is 11.1 Å². The van der Waals surface area contributed by atoms with E-state index in [1.54, 1.807) is 12.3 Å². The molecule has 1 rings (SSSR count). The highest BCUT2D eigenvalue weighted by atomic mass is 35.5. The smallest absolute Gasteiger partial charge is 0.149 e. The Morgan fingerprint density at radius 1 is 1.44 bits per heavy atom. The molecule has 4 heteroatoms. The summed E-state index contributed by atoms with van der Waals surface area (Å²) in [6, 6.07) is 2.09. The van der Waals surface area contributed by atoms with E-state index in [2.05, 4.69) is 31.1 Å². The van der Waals surface area contributed by atoms with E-state index in [9.17, 15) is 0 Å². The van der Waals surface area contributed by atoms with Crippen LogP contribution in [0, 0.1) is 5.92 Å². The zero-order valence-corrected chi connectivity index (χ0v) is 10.9. The summed E-state index contributed by atoms with van der Waals surface area (Å²) in [6.45, 7) is 6.56. The van der Waals surface area contributed by atoms with Crippen molar-refractivity contribution in [3.05, 3.63) is 17.3 Å². The third kappa shape index (κ3) is 3.27. The molecule has 0 amide bonds. The lowest BCUT2D eigenvalue weighted by molar-refractivity contribution is 0.437. The molecule has 3 N–H and O–H groups in total. The van der Waals surface area contributed by atoms with E-state index in [4.69, 9.17) is 17.3 Å². The van der Waals surface area contributed by atoms with Gasteiger partial charge in [-0.3, -0.25) is 0 Å². The standard InChI is InChI=1S/C12H20ClN3/c1-4-9(5-2)8(3)16-12-11(14)6-10(13)7-15-12/h6-9H,4-5,14H2,1-3H3,(H,15,16). The Kier molecular flexibility index (Phi) is 4.87. The summed E-state index contributed by atoms with van der Waals surface area (Å²) in [5.74, 6) is 1.36. The van der Waals surface area contributed by atoms with Gasteiger partial charge in [0.25, 0.3) is 0 Å². The van der Waals surface area contributed by atoms with Crippen LogP contribution in [0.4, 0.5) is 11.5 Å². The van der Waals surface area contributed by atoms with Crippen LogP contribution in [0.25, 0.3) is 0 Å². The van der Waals surface area contributed by atoms with Gasteiger partial charge in [0, 0.05) is 12.2 Å². The van der Waals surface area contributed by atoms with Gasteiger partial charge in [-0.05, 0) is 18.9 Å². The van der Waals surface area contributed by atoms with Gasteiger partial charge >= 0.3 is 0 Å². The van der Waals surface area contributed by atoms with E-state index < -0.39 is 0 Å². The second-order valence-electron chi connectivity index (χ2n) is 4.10. The monoisotopic (exact) mass is 241 g/mol. The van der Waals surface area contributed by atoms with E-state index in [0.717, 1.165) is 18.7 Å². The molecule has 0 aliphatic rings. The number of hydrogen-bond acceptors (Lipinski definition) is 3. The van der Waals surface area contributed by atoms with Crippen molar-refractivity contribution in [2.75, 3.05) is 11.1 Å². The fraction of sp³-hybridized carbons (Fsp3) is 0.583. The van der Waals surface area contributed by atoms with Gasteiger partial charge in [0.05, 0.1) is 10.7 Å². The number of pyridine rings is 1. The van der Waals surface area contributed by atoms with Crippen molar-refractivity contribution in [3.8, 4) is 0 Å². The number of rotatable bonds is 5. The Bertz CT molecular complexity index is 337. The largest absolute Gasteiger partial charge is 0.396 e. The molecule has 1 atom stereocenters. The number of nitrogens with one attached hydrogen (secondary N) is 1. The van der Waals surface area contributed by atoms with Gasteiger partial charge in [0.15, 0.2) is 0 Å². The van der Waals surface area contributed by atoms with Crippen molar-refractivity contribution >= 4 is 23.1 Å². The third-order valence-electron chi connectivity index (χ3n) is 3.00. The Labute approximate surface area is 102 Å². The maximum atomic E-state index is 5.84. The van der Waals surface area contributed by atoms with Crippen LogP contribution in [0.2, 0.25) is 5.02 Å². The molecular formula is C12H20ClN3. The minimum atomic E-state index is 0.367. The van der Waals surface area contributed by atoms with E-state index in [-0.39, 0.29) is 0 Å². The average molecular weight is 242 g/mol. The van der Waals surface area contributed by atoms with Crippen molar-refractivity contribution in [2.24, 2.45) is 5.92 Å². The van der Waals surface area contributed by atoms with Crippen LogP contribution in [0.1, 0.15) is 33.6 Å². The number of halogens is 1. The number of anilines is 2. The first-order valence-corrected chi connectivity index (χ1v) is 6.13. The quantitative estimate of drug-likeness (QED) is 0.829. The van der Waals surface area contributed by atoms with Crippen LogP contribution in [-0.2, 0) is 0 Å². The lowest BCUT2D eigenvalue weighted by atomic mass is 9.95. The normalized spacial score (nSPS) is 12.8. The van der Waals surface area contributed by atoms with Crippen molar-refractivity contribution < 1.29 is 0 Å². The minimum Gasteiger partial charge on any atom is -0.396 e. The van der Waals surface area contributed by atoms with Gasteiger partial charge in [0.2, 0.25) is 0 Å². The summed E-state index contributed by atoms with van der Waals surface area (Å²) in [4.78, 5) is 4.20. The Balaban J connectivity index is 2.72. The highest BCUT2D eigenvalue weighted by Gasteiger charge is 2.14. The van der Waals surface area contributed by atoms with Crippen molar-refractivity contribution in [2.45, 2.75) is 39.7 Å². The van der Waals surface area contributed by atoms with Crippen LogP contribution in [-0.4, -0.2) is 11.0 Å². The Morgan fingerprint density at radius 2 is 2.06 bits per heavy atom. The van der Waals surface area contributed by atoms with Crippen molar-refractivity contribution in [1.82, 2.24) is 4.98 Å². The molecule has 3 nitrogen and oxygen atoms in total. The van der Waals surface area contributed by atoms with Crippen LogP contribution in [0.15, 0.2) is 12.3 Å². The minimum absolute atomic E-state index is 0.367. The summed E-state index contributed by atoms with van der Waals surface area (Å²) in [7, 11) is 0. The average Bonchev–Trinajstić information content (AvgIpc) is 2.24. The molecule has 1 heterocycles. The summed E-state index contributed by atoms with van der Waals surface area (Å²) in [5, 5.41) is 3.91. The molecule has 0 aliphatic carbocycles. The van der Waals surface area contributed by atoms with Crippen LogP contribution in [0.5, 0.6) is 0 Å².